The highest BCUT2D eigenvalue weighted by Gasteiger charge is 2.29. The highest BCUT2D eigenvalue weighted by atomic mass is 16.3. The number of aliphatic hydroxyl groups excluding tert-OH is 1. The van der Waals surface area contributed by atoms with Crippen molar-refractivity contribution in [2.24, 2.45) is 5.92 Å². The van der Waals surface area contributed by atoms with E-state index in [1.807, 2.05) is 12.1 Å². The normalized spacial score (nSPS) is 17.5. The number of rotatable bonds is 7. The van der Waals surface area contributed by atoms with Crippen molar-refractivity contribution in [2.45, 2.75) is 44.9 Å². The maximum atomic E-state index is 12.5. The number of carbonyl (C=O) groups excluding carboxylic acids is 2. The van der Waals surface area contributed by atoms with E-state index < -0.39 is 0 Å². The van der Waals surface area contributed by atoms with Crippen LogP contribution in [0.25, 0.3) is 0 Å². The van der Waals surface area contributed by atoms with Crippen LogP contribution in [0, 0.1) is 5.92 Å². The molecule has 0 radical (unpaired) electrons. The van der Waals surface area contributed by atoms with E-state index in [0.717, 1.165) is 50.9 Å². The van der Waals surface area contributed by atoms with E-state index in [4.69, 9.17) is 0 Å². The standard InChI is InChI=1S/C24H29N3O3/c28-22-10-12-27(13-11-22)16-18-6-4-17(5-7-18)15-25-23(29)20-2-1-3-21(14-20)26-24(30)19-8-9-19/h1-7,14,19,22,28H,8-13,15-16H2,(H,25,29)(H,26,30). The second-order valence-electron chi connectivity index (χ2n) is 8.35. The van der Waals surface area contributed by atoms with Gasteiger partial charge in [-0.25, -0.2) is 0 Å². The number of hydrogen-bond donors (Lipinski definition) is 3. The largest absolute Gasteiger partial charge is 0.393 e. The molecule has 3 N–H and O–H groups in total. The van der Waals surface area contributed by atoms with Crippen molar-refractivity contribution in [1.82, 2.24) is 10.2 Å². The van der Waals surface area contributed by atoms with Crippen molar-refractivity contribution in [3.8, 4) is 0 Å². The van der Waals surface area contributed by atoms with Gasteiger partial charge in [0, 0.05) is 43.3 Å². The van der Waals surface area contributed by atoms with Gasteiger partial charge in [0.05, 0.1) is 6.10 Å². The number of piperidine rings is 1. The van der Waals surface area contributed by atoms with Crippen LogP contribution in [0.3, 0.4) is 0 Å². The van der Waals surface area contributed by atoms with Gasteiger partial charge >= 0.3 is 0 Å². The molecule has 2 amide bonds. The van der Waals surface area contributed by atoms with E-state index in [0.29, 0.717) is 17.8 Å². The Morgan fingerprint density at radius 2 is 1.67 bits per heavy atom. The number of anilines is 1. The minimum atomic E-state index is -0.159. The van der Waals surface area contributed by atoms with E-state index in [9.17, 15) is 14.7 Å². The molecule has 4 rings (SSSR count). The zero-order valence-electron chi connectivity index (χ0n) is 17.1. The van der Waals surface area contributed by atoms with Gasteiger partial charge in [0.15, 0.2) is 0 Å². The average Bonchev–Trinajstić information content (AvgIpc) is 3.60. The van der Waals surface area contributed by atoms with E-state index in [2.05, 4.69) is 27.7 Å². The second-order valence-corrected chi connectivity index (χ2v) is 8.35. The Balaban J connectivity index is 1.27. The van der Waals surface area contributed by atoms with Gasteiger partial charge in [-0.3, -0.25) is 14.5 Å². The third kappa shape index (κ3) is 5.68. The smallest absolute Gasteiger partial charge is 0.251 e. The third-order valence-corrected chi connectivity index (χ3v) is 5.78. The number of likely N-dealkylation sites (tertiary alicyclic amines) is 1. The quantitative estimate of drug-likeness (QED) is 0.659. The molecule has 1 aliphatic heterocycles. The molecule has 0 spiro atoms. The van der Waals surface area contributed by atoms with Crippen LogP contribution in [0.5, 0.6) is 0 Å². The van der Waals surface area contributed by atoms with Gasteiger partial charge in [0.1, 0.15) is 0 Å². The van der Waals surface area contributed by atoms with Crippen LogP contribution in [-0.2, 0) is 17.9 Å². The first-order valence-corrected chi connectivity index (χ1v) is 10.7. The molecule has 0 aromatic heterocycles. The Hall–Kier alpha value is -2.70. The summed E-state index contributed by atoms with van der Waals surface area (Å²) in [5, 5.41) is 15.4. The van der Waals surface area contributed by atoms with Gasteiger partial charge in [-0.1, -0.05) is 30.3 Å². The Morgan fingerprint density at radius 1 is 0.967 bits per heavy atom. The lowest BCUT2D eigenvalue weighted by atomic mass is 10.1. The second kappa shape index (κ2) is 9.41. The van der Waals surface area contributed by atoms with Crippen LogP contribution in [-0.4, -0.2) is 41.0 Å². The summed E-state index contributed by atoms with van der Waals surface area (Å²) in [6.07, 6.45) is 3.44. The molecule has 1 saturated heterocycles. The molecule has 30 heavy (non-hydrogen) atoms. The van der Waals surface area contributed by atoms with Gasteiger partial charge < -0.3 is 15.7 Å². The highest BCUT2D eigenvalue weighted by molar-refractivity contribution is 5.98. The zero-order chi connectivity index (χ0) is 20.9. The van der Waals surface area contributed by atoms with E-state index in [-0.39, 0.29) is 23.8 Å². The maximum absolute atomic E-state index is 12.5. The Kier molecular flexibility index (Phi) is 6.45. The monoisotopic (exact) mass is 407 g/mol. The third-order valence-electron chi connectivity index (χ3n) is 5.78. The summed E-state index contributed by atoms with van der Waals surface area (Å²) in [6, 6.07) is 15.3. The predicted octanol–water partition coefficient (Wildman–Crippen LogP) is 2.92. The van der Waals surface area contributed by atoms with Crippen LogP contribution >= 0.6 is 0 Å². The first-order chi connectivity index (χ1) is 14.6. The molecule has 0 bridgehead atoms. The van der Waals surface area contributed by atoms with E-state index in [1.165, 1.54) is 5.56 Å². The average molecular weight is 408 g/mol. The summed E-state index contributed by atoms with van der Waals surface area (Å²) in [5.41, 5.74) is 3.47. The predicted molar refractivity (Wildman–Crippen MR) is 116 cm³/mol. The molecule has 1 aliphatic carbocycles. The summed E-state index contributed by atoms with van der Waals surface area (Å²) in [7, 11) is 0. The fraction of sp³-hybridized carbons (Fsp3) is 0.417. The number of aliphatic hydroxyl groups is 1. The molecule has 158 valence electrons. The lowest BCUT2D eigenvalue weighted by molar-refractivity contribution is -0.117. The Morgan fingerprint density at radius 3 is 2.37 bits per heavy atom. The van der Waals surface area contributed by atoms with Crippen molar-refractivity contribution in [3.05, 3.63) is 65.2 Å². The van der Waals surface area contributed by atoms with Crippen LogP contribution < -0.4 is 10.6 Å². The molecular weight excluding hydrogens is 378 g/mol. The summed E-state index contributed by atoms with van der Waals surface area (Å²) >= 11 is 0. The molecule has 2 aromatic rings. The van der Waals surface area contributed by atoms with Crippen LogP contribution in [0.1, 0.15) is 47.2 Å². The molecule has 6 heteroatoms. The number of nitrogens with one attached hydrogen (secondary N) is 2. The molecule has 6 nitrogen and oxygen atoms in total. The van der Waals surface area contributed by atoms with Gasteiger partial charge in [0.25, 0.3) is 5.91 Å². The number of amides is 2. The Labute approximate surface area is 177 Å². The SMILES string of the molecule is O=C(NCc1ccc(CN2CCC(O)CC2)cc1)c1cccc(NC(=O)C2CC2)c1. The number of hydrogen-bond acceptors (Lipinski definition) is 4. The van der Waals surface area contributed by atoms with Crippen LogP contribution in [0.2, 0.25) is 0 Å². The van der Waals surface area contributed by atoms with Gasteiger partial charge in [-0.05, 0) is 55.0 Å². The molecule has 0 unspecified atom stereocenters. The minimum absolute atomic E-state index is 0.0355. The maximum Gasteiger partial charge on any atom is 0.251 e. The first kappa shape index (κ1) is 20.6. The Bertz CT molecular complexity index is 885. The number of carbonyl (C=O) groups is 2. The van der Waals surface area contributed by atoms with Gasteiger partial charge in [-0.15, -0.1) is 0 Å². The fourth-order valence-electron chi connectivity index (χ4n) is 3.71. The summed E-state index contributed by atoms with van der Waals surface area (Å²) in [5.74, 6) is 0.00816. The van der Waals surface area contributed by atoms with Gasteiger partial charge in [0.2, 0.25) is 5.91 Å². The van der Waals surface area contributed by atoms with Crippen molar-refractivity contribution in [2.75, 3.05) is 18.4 Å². The minimum Gasteiger partial charge on any atom is -0.393 e. The number of benzene rings is 2. The molecule has 1 heterocycles. The molecule has 2 fully saturated rings. The lowest BCUT2D eigenvalue weighted by Gasteiger charge is -2.29. The van der Waals surface area contributed by atoms with Crippen LogP contribution in [0.4, 0.5) is 5.69 Å². The molecule has 0 atom stereocenters. The number of nitrogens with zero attached hydrogens (tertiary/aromatic N) is 1. The molecular formula is C24H29N3O3. The van der Waals surface area contributed by atoms with Crippen molar-refractivity contribution in [3.63, 3.8) is 0 Å². The first-order valence-electron chi connectivity index (χ1n) is 10.7. The van der Waals surface area contributed by atoms with Crippen molar-refractivity contribution < 1.29 is 14.7 Å². The summed E-state index contributed by atoms with van der Waals surface area (Å²) in [6.45, 7) is 3.20. The molecule has 2 aliphatic rings. The van der Waals surface area contributed by atoms with Gasteiger partial charge in [-0.2, -0.15) is 0 Å². The topological polar surface area (TPSA) is 81.7 Å². The molecule has 2 aromatic carbocycles. The van der Waals surface area contributed by atoms with Crippen LogP contribution in [0.15, 0.2) is 48.5 Å². The lowest BCUT2D eigenvalue weighted by Crippen LogP contribution is -2.35. The van der Waals surface area contributed by atoms with E-state index in [1.54, 1.807) is 24.3 Å². The fourth-order valence-corrected chi connectivity index (χ4v) is 3.71. The zero-order valence-corrected chi connectivity index (χ0v) is 17.1. The highest BCUT2D eigenvalue weighted by Crippen LogP contribution is 2.30. The molecule has 1 saturated carbocycles. The summed E-state index contributed by atoms with van der Waals surface area (Å²) in [4.78, 5) is 26.8. The van der Waals surface area contributed by atoms with Crippen molar-refractivity contribution >= 4 is 17.5 Å². The van der Waals surface area contributed by atoms with Crippen molar-refractivity contribution in [1.29, 1.82) is 0 Å². The van der Waals surface area contributed by atoms with E-state index >= 15 is 0 Å². The summed E-state index contributed by atoms with van der Waals surface area (Å²) < 4.78 is 0.